The molecule has 1 rings (SSSR count). The maximum atomic E-state index is 11.6. The third-order valence-electron chi connectivity index (χ3n) is 2.05. The molecule has 0 aromatic heterocycles. The highest BCUT2D eigenvalue weighted by Gasteiger charge is 2.33. The van der Waals surface area contributed by atoms with E-state index in [1.165, 1.54) is 18.8 Å². The fourth-order valence-corrected chi connectivity index (χ4v) is 1.93. The van der Waals surface area contributed by atoms with Gasteiger partial charge in [0, 0.05) is 7.05 Å². The van der Waals surface area contributed by atoms with Gasteiger partial charge in [0.05, 0.1) is 10.5 Å². The van der Waals surface area contributed by atoms with E-state index in [1.807, 2.05) is 19.1 Å². The Morgan fingerprint density at radius 2 is 1.87 bits per heavy atom. The quantitative estimate of drug-likeness (QED) is 0.540. The van der Waals surface area contributed by atoms with Gasteiger partial charge >= 0.3 is 0 Å². The summed E-state index contributed by atoms with van der Waals surface area (Å²) in [5.74, 6) is -0.447. The summed E-state index contributed by atoms with van der Waals surface area (Å²) in [5, 5.41) is 0. The van der Waals surface area contributed by atoms with Crippen LogP contribution in [-0.4, -0.2) is 30.0 Å². The van der Waals surface area contributed by atoms with Gasteiger partial charge in [-0.25, -0.2) is 0 Å². The van der Waals surface area contributed by atoms with Crippen molar-refractivity contribution in [3.05, 3.63) is 34.8 Å². The van der Waals surface area contributed by atoms with E-state index in [0.717, 1.165) is 4.90 Å². The molecular formula is C11H13NO2S. The van der Waals surface area contributed by atoms with Gasteiger partial charge in [-0.2, -0.15) is 0 Å². The van der Waals surface area contributed by atoms with Gasteiger partial charge in [0.2, 0.25) is 0 Å². The number of hydrogen-bond acceptors (Lipinski definition) is 3. The largest absolute Gasteiger partial charge is 0.277 e. The lowest BCUT2D eigenvalue weighted by atomic mass is 10.2. The van der Waals surface area contributed by atoms with Crippen LogP contribution in [0.15, 0.2) is 34.8 Å². The topological polar surface area (TPSA) is 37.4 Å². The van der Waals surface area contributed by atoms with Crippen molar-refractivity contribution in [1.29, 1.82) is 0 Å². The number of hydrogen-bond donors (Lipinski definition) is 0. The summed E-state index contributed by atoms with van der Waals surface area (Å²) in [5.41, 5.74) is 0.480. The normalized spacial score (nSPS) is 17.9. The van der Waals surface area contributed by atoms with Gasteiger partial charge in [-0.1, -0.05) is 18.2 Å². The van der Waals surface area contributed by atoms with E-state index in [1.54, 1.807) is 18.4 Å². The molecule has 0 aliphatic carbocycles. The zero-order valence-electron chi connectivity index (χ0n) is 8.98. The first kappa shape index (κ1) is 11.8. The molecule has 0 radical (unpaired) electrons. The van der Waals surface area contributed by atoms with E-state index in [0.29, 0.717) is 10.5 Å². The molecule has 1 heterocycles. The van der Waals surface area contributed by atoms with Crippen molar-refractivity contribution in [3.8, 4) is 0 Å². The van der Waals surface area contributed by atoms with Crippen molar-refractivity contribution in [1.82, 2.24) is 4.90 Å². The third-order valence-corrected chi connectivity index (χ3v) is 2.85. The van der Waals surface area contributed by atoms with E-state index in [2.05, 4.69) is 0 Å². The van der Waals surface area contributed by atoms with Crippen LogP contribution in [0, 0.1) is 0 Å². The summed E-state index contributed by atoms with van der Waals surface area (Å²) in [6.07, 6.45) is 8.91. The van der Waals surface area contributed by atoms with Crippen molar-refractivity contribution in [2.45, 2.75) is 6.92 Å². The number of rotatable bonds is 3. The standard InChI is InChI=1S/C11H13NO2S/c1-4-5-6-7-8-9(15-3)11(14)12(2)10(8)13/h4-7H,1-3H3/b5-4+,7-6-. The molecule has 0 aromatic carbocycles. The van der Waals surface area contributed by atoms with Crippen LogP contribution in [0.1, 0.15) is 6.92 Å². The predicted molar refractivity (Wildman–Crippen MR) is 62.3 cm³/mol. The Morgan fingerprint density at radius 3 is 2.40 bits per heavy atom. The van der Waals surface area contributed by atoms with Gasteiger partial charge in [-0.3, -0.25) is 14.5 Å². The SMILES string of the molecule is C/C=C/C=C\C1=C(SC)C(=O)N(C)C1=O. The molecule has 0 bridgehead atoms. The van der Waals surface area contributed by atoms with Crippen molar-refractivity contribution < 1.29 is 9.59 Å². The second-order valence-corrected chi connectivity index (χ2v) is 3.82. The molecule has 1 aliphatic heterocycles. The highest BCUT2D eigenvalue weighted by atomic mass is 32.2. The summed E-state index contributed by atoms with van der Waals surface area (Å²) in [6.45, 7) is 1.89. The molecule has 2 amide bonds. The molecular weight excluding hydrogens is 210 g/mol. The molecule has 0 N–H and O–H groups in total. The number of nitrogens with zero attached hydrogens (tertiary/aromatic N) is 1. The summed E-state index contributed by atoms with van der Waals surface area (Å²) >= 11 is 1.31. The van der Waals surface area contributed by atoms with E-state index in [9.17, 15) is 9.59 Å². The fourth-order valence-electron chi connectivity index (χ4n) is 1.24. The van der Waals surface area contributed by atoms with Crippen LogP contribution in [0.4, 0.5) is 0 Å². The second-order valence-electron chi connectivity index (χ2n) is 3.00. The number of allylic oxidation sites excluding steroid dienone is 3. The smallest absolute Gasteiger partial charge is 0.267 e. The molecule has 0 saturated carbocycles. The Hall–Kier alpha value is -1.29. The summed E-state index contributed by atoms with van der Waals surface area (Å²) in [7, 11) is 1.50. The van der Waals surface area contributed by atoms with Crippen LogP contribution < -0.4 is 0 Å². The lowest BCUT2D eigenvalue weighted by Gasteiger charge is -2.04. The van der Waals surface area contributed by atoms with Crippen molar-refractivity contribution >= 4 is 23.6 Å². The number of carbonyl (C=O) groups excluding carboxylic acids is 2. The summed E-state index contributed by atoms with van der Waals surface area (Å²) < 4.78 is 0. The number of imide groups is 1. The highest BCUT2D eigenvalue weighted by Crippen LogP contribution is 2.27. The summed E-state index contributed by atoms with van der Waals surface area (Å²) in [4.78, 5) is 24.9. The molecule has 0 aromatic rings. The van der Waals surface area contributed by atoms with Crippen LogP contribution >= 0.6 is 11.8 Å². The molecule has 15 heavy (non-hydrogen) atoms. The number of amides is 2. The van der Waals surface area contributed by atoms with E-state index < -0.39 is 0 Å². The van der Waals surface area contributed by atoms with Crippen LogP contribution in [0.5, 0.6) is 0 Å². The van der Waals surface area contributed by atoms with Crippen LogP contribution in [-0.2, 0) is 9.59 Å². The molecule has 0 fully saturated rings. The minimum Gasteiger partial charge on any atom is -0.277 e. The predicted octanol–water partition coefficient (Wildman–Crippen LogP) is 1.73. The van der Waals surface area contributed by atoms with Crippen molar-refractivity contribution in [2.75, 3.05) is 13.3 Å². The first-order valence-corrected chi connectivity index (χ1v) is 5.76. The molecule has 0 unspecified atom stereocenters. The van der Waals surface area contributed by atoms with Crippen molar-refractivity contribution in [3.63, 3.8) is 0 Å². The maximum Gasteiger partial charge on any atom is 0.267 e. The van der Waals surface area contributed by atoms with Gasteiger partial charge in [0.25, 0.3) is 11.8 Å². The highest BCUT2D eigenvalue weighted by molar-refractivity contribution is 8.03. The molecule has 3 nitrogen and oxygen atoms in total. The molecule has 4 heteroatoms. The Balaban J connectivity index is 3.06. The van der Waals surface area contributed by atoms with Gasteiger partial charge in [-0.15, -0.1) is 11.8 Å². The van der Waals surface area contributed by atoms with E-state index >= 15 is 0 Å². The van der Waals surface area contributed by atoms with Crippen LogP contribution in [0.25, 0.3) is 0 Å². The number of thioether (sulfide) groups is 1. The molecule has 1 aliphatic rings. The van der Waals surface area contributed by atoms with E-state index in [-0.39, 0.29) is 11.8 Å². The van der Waals surface area contributed by atoms with Gasteiger partial charge in [0.1, 0.15) is 0 Å². The van der Waals surface area contributed by atoms with Crippen molar-refractivity contribution in [2.24, 2.45) is 0 Å². The zero-order chi connectivity index (χ0) is 11.4. The Labute approximate surface area is 93.5 Å². The average molecular weight is 223 g/mol. The van der Waals surface area contributed by atoms with Gasteiger partial charge in [0.15, 0.2) is 0 Å². The minimum absolute atomic E-state index is 0.215. The first-order chi connectivity index (χ1) is 7.13. The summed E-state index contributed by atoms with van der Waals surface area (Å²) in [6, 6.07) is 0. The Morgan fingerprint density at radius 1 is 1.20 bits per heavy atom. The van der Waals surface area contributed by atoms with Gasteiger partial charge in [-0.05, 0) is 19.3 Å². The number of carbonyl (C=O) groups is 2. The molecule has 80 valence electrons. The van der Waals surface area contributed by atoms with Crippen LogP contribution in [0.2, 0.25) is 0 Å². The Bertz CT molecular complexity index is 380. The average Bonchev–Trinajstić information content (AvgIpc) is 2.44. The molecule has 0 saturated heterocycles. The Kier molecular flexibility index (Phi) is 3.91. The lowest BCUT2D eigenvalue weighted by Crippen LogP contribution is -2.26. The van der Waals surface area contributed by atoms with E-state index in [4.69, 9.17) is 0 Å². The number of likely N-dealkylation sites (N-methyl/N-ethyl adjacent to an activating group) is 1. The monoisotopic (exact) mass is 223 g/mol. The fraction of sp³-hybridized carbons (Fsp3) is 0.273. The molecule has 0 atom stereocenters. The molecule has 0 spiro atoms. The lowest BCUT2D eigenvalue weighted by molar-refractivity contribution is -0.135. The maximum absolute atomic E-state index is 11.6. The minimum atomic E-state index is -0.231. The van der Waals surface area contributed by atoms with Gasteiger partial charge < -0.3 is 0 Å². The van der Waals surface area contributed by atoms with Crippen LogP contribution in [0.3, 0.4) is 0 Å². The first-order valence-electron chi connectivity index (χ1n) is 4.53. The third kappa shape index (κ3) is 2.21. The zero-order valence-corrected chi connectivity index (χ0v) is 9.80. The second kappa shape index (κ2) is 4.98.